The molecule has 0 spiro atoms. The van der Waals surface area contributed by atoms with Crippen molar-refractivity contribution >= 4 is 39.1 Å². The monoisotopic (exact) mass is 507 g/mol. The lowest BCUT2D eigenvalue weighted by Crippen LogP contribution is -2.55. The quantitative estimate of drug-likeness (QED) is 0.552. The maximum absolute atomic E-state index is 13.6. The van der Waals surface area contributed by atoms with Crippen LogP contribution in [0.3, 0.4) is 0 Å². The van der Waals surface area contributed by atoms with E-state index in [9.17, 15) is 18.0 Å². The Morgan fingerprint density at radius 3 is 2.06 bits per heavy atom. The molecule has 186 valence electrons. The van der Waals surface area contributed by atoms with E-state index < -0.39 is 34.1 Å². The molecule has 0 radical (unpaired) electrons. The largest absolute Gasteiger partial charge is 0.350 e. The highest BCUT2D eigenvalue weighted by Crippen LogP contribution is 2.21. The molecule has 0 aliphatic heterocycles. The average Bonchev–Trinajstić information content (AvgIpc) is 2.72. The minimum absolute atomic E-state index is 0.136. The predicted molar refractivity (Wildman–Crippen MR) is 137 cm³/mol. The van der Waals surface area contributed by atoms with Crippen LogP contribution in [-0.4, -0.2) is 49.5 Å². The highest BCUT2D eigenvalue weighted by molar-refractivity contribution is 7.92. The van der Waals surface area contributed by atoms with Crippen molar-refractivity contribution in [1.82, 2.24) is 10.2 Å². The van der Waals surface area contributed by atoms with Gasteiger partial charge in [-0.25, -0.2) is 8.42 Å². The smallest absolute Gasteiger partial charge is 0.244 e. The molecule has 34 heavy (non-hydrogen) atoms. The minimum atomic E-state index is -3.75. The van der Waals surface area contributed by atoms with Crippen molar-refractivity contribution in [2.45, 2.75) is 59.2 Å². The van der Waals surface area contributed by atoms with Gasteiger partial charge in [-0.3, -0.25) is 13.9 Å². The van der Waals surface area contributed by atoms with Gasteiger partial charge in [-0.15, -0.1) is 0 Å². The first-order chi connectivity index (χ1) is 15.7. The molecule has 2 aromatic carbocycles. The van der Waals surface area contributed by atoms with Crippen molar-refractivity contribution in [2.24, 2.45) is 0 Å². The Balaban J connectivity index is 2.43. The van der Waals surface area contributed by atoms with Crippen LogP contribution in [0, 0.1) is 6.92 Å². The van der Waals surface area contributed by atoms with Gasteiger partial charge in [-0.05, 0) is 63.9 Å². The van der Waals surface area contributed by atoms with Crippen molar-refractivity contribution in [2.75, 3.05) is 17.1 Å². The number of hydrogen-bond acceptors (Lipinski definition) is 4. The summed E-state index contributed by atoms with van der Waals surface area (Å²) < 4.78 is 26.3. The van der Waals surface area contributed by atoms with Gasteiger partial charge in [0.25, 0.3) is 0 Å². The molecule has 0 aliphatic carbocycles. The van der Waals surface area contributed by atoms with Gasteiger partial charge < -0.3 is 10.2 Å². The van der Waals surface area contributed by atoms with Gasteiger partial charge >= 0.3 is 0 Å². The molecule has 0 saturated heterocycles. The fourth-order valence-electron chi connectivity index (χ4n) is 3.48. The first-order valence-corrected chi connectivity index (χ1v) is 13.3. The molecule has 9 heteroatoms. The molecule has 7 nitrogen and oxygen atoms in total. The number of rotatable bonds is 9. The second-order valence-electron chi connectivity index (χ2n) is 9.42. The molecular weight excluding hydrogens is 474 g/mol. The van der Waals surface area contributed by atoms with E-state index in [4.69, 9.17) is 11.6 Å². The number of benzene rings is 2. The highest BCUT2D eigenvalue weighted by Gasteiger charge is 2.33. The van der Waals surface area contributed by atoms with E-state index in [0.717, 1.165) is 21.7 Å². The van der Waals surface area contributed by atoms with E-state index in [2.05, 4.69) is 5.32 Å². The summed E-state index contributed by atoms with van der Waals surface area (Å²) in [5.74, 6) is -0.768. The number of amides is 2. The van der Waals surface area contributed by atoms with Crippen molar-refractivity contribution in [3.05, 3.63) is 64.7 Å². The Kier molecular flexibility index (Phi) is 9.14. The molecule has 2 amide bonds. The second-order valence-corrected chi connectivity index (χ2v) is 11.8. The highest BCUT2D eigenvalue weighted by atomic mass is 35.5. The number of aryl methyl sites for hydroxylation is 1. The third-order valence-electron chi connectivity index (χ3n) is 5.15. The fraction of sp³-hybridized carbons (Fsp3) is 0.440. The molecule has 1 atom stereocenters. The molecular formula is C25H34ClN3O4S. The van der Waals surface area contributed by atoms with Gasteiger partial charge in [0.15, 0.2) is 0 Å². The van der Waals surface area contributed by atoms with Crippen molar-refractivity contribution in [1.29, 1.82) is 0 Å². The van der Waals surface area contributed by atoms with Crippen LogP contribution in [-0.2, 0) is 26.2 Å². The number of nitrogens with zero attached hydrogens (tertiary/aromatic N) is 2. The zero-order chi connectivity index (χ0) is 25.7. The number of hydrogen-bond donors (Lipinski definition) is 1. The summed E-state index contributed by atoms with van der Waals surface area (Å²) in [4.78, 5) is 28.1. The molecule has 0 bridgehead atoms. The molecule has 1 N–H and O–H groups in total. The summed E-state index contributed by atoms with van der Waals surface area (Å²) >= 11 is 6.00. The lowest BCUT2D eigenvalue weighted by molar-refractivity contribution is -0.141. The van der Waals surface area contributed by atoms with Crippen LogP contribution in [0.1, 0.15) is 45.2 Å². The number of nitrogens with one attached hydrogen (secondary N) is 1. The topological polar surface area (TPSA) is 86.8 Å². The molecule has 0 heterocycles. The van der Waals surface area contributed by atoms with Crippen LogP contribution in [0.25, 0.3) is 0 Å². The second kappa shape index (κ2) is 11.2. The van der Waals surface area contributed by atoms with E-state index in [1.807, 2.05) is 34.6 Å². The summed E-state index contributed by atoms with van der Waals surface area (Å²) in [6, 6.07) is 13.1. The summed E-state index contributed by atoms with van der Waals surface area (Å²) in [7, 11) is -3.75. The van der Waals surface area contributed by atoms with Gasteiger partial charge in [0.1, 0.15) is 12.6 Å². The Labute approximate surface area is 208 Å². The van der Waals surface area contributed by atoms with E-state index in [-0.39, 0.29) is 12.5 Å². The summed E-state index contributed by atoms with van der Waals surface area (Å²) in [6.45, 7) is 9.03. The van der Waals surface area contributed by atoms with Gasteiger partial charge in [0.2, 0.25) is 21.8 Å². The first-order valence-electron chi connectivity index (χ1n) is 11.1. The normalized spacial score (nSPS) is 12.7. The molecule has 1 unspecified atom stereocenters. The van der Waals surface area contributed by atoms with Crippen LogP contribution in [0.15, 0.2) is 48.5 Å². The van der Waals surface area contributed by atoms with Crippen LogP contribution in [0.2, 0.25) is 5.02 Å². The van der Waals surface area contributed by atoms with E-state index in [0.29, 0.717) is 17.1 Å². The van der Waals surface area contributed by atoms with Gasteiger partial charge in [0, 0.05) is 17.1 Å². The Morgan fingerprint density at radius 2 is 1.59 bits per heavy atom. The Hall–Kier alpha value is -2.58. The Morgan fingerprint density at radius 1 is 1.03 bits per heavy atom. The van der Waals surface area contributed by atoms with Gasteiger partial charge in [0.05, 0.1) is 11.9 Å². The number of carbonyl (C=O) groups excluding carboxylic acids is 2. The van der Waals surface area contributed by atoms with E-state index in [1.165, 1.54) is 4.90 Å². The lowest BCUT2D eigenvalue weighted by Gasteiger charge is -2.34. The number of sulfonamides is 1. The summed E-state index contributed by atoms with van der Waals surface area (Å²) in [6.07, 6.45) is 1.43. The van der Waals surface area contributed by atoms with E-state index in [1.54, 1.807) is 48.5 Å². The first kappa shape index (κ1) is 27.7. The maximum atomic E-state index is 13.6. The summed E-state index contributed by atoms with van der Waals surface area (Å²) in [5.41, 5.74) is 1.65. The van der Waals surface area contributed by atoms with Crippen LogP contribution < -0.4 is 9.62 Å². The van der Waals surface area contributed by atoms with E-state index >= 15 is 0 Å². The van der Waals surface area contributed by atoms with Crippen LogP contribution in [0.4, 0.5) is 5.69 Å². The standard InChI is InChI=1S/C25H34ClN3O4S/c1-7-22(24(31)27-25(3,4)5)28(16-19-10-12-20(26)13-11-19)23(30)17-29(34(6,32)33)21-14-8-18(2)9-15-21/h8-15,22H,7,16-17H2,1-6H3,(H,27,31). The third kappa shape index (κ3) is 8.02. The maximum Gasteiger partial charge on any atom is 0.244 e. The molecule has 0 saturated carbocycles. The van der Waals surface area contributed by atoms with Gasteiger partial charge in [-0.2, -0.15) is 0 Å². The molecule has 2 aromatic rings. The Bertz CT molecular complexity index is 1090. The SMILES string of the molecule is CCC(C(=O)NC(C)(C)C)N(Cc1ccc(Cl)cc1)C(=O)CN(c1ccc(C)cc1)S(C)(=O)=O. The third-order valence-corrected chi connectivity index (χ3v) is 6.54. The van der Waals surface area contributed by atoms with Crippen LogP contribution in [0.5, 0.6) is 0 Å². The molecule has 0 fully saturated rings. The number of halogens is 1. The predicted octanol–water partition coefficient (Wildman–Crippen LogP) is 4.14. The summed E-state index contributed by atoms with van der Waals surface area (Å²) in [5, 5.41) is 3.49. The van der Waals surface area contributed by atoms with Crippen molar-refractivity contribution in [3.63, 3.8) is 0 Å². The zero-order valence-electron chi connectivity index (χ0n) is 20.6. The zero-order valence-corrected chi connectivity index (χ0v) is 22.2. The fourth-order valence-corrected chi connectivity index (χ4v) is 4.46. The lowest BCUT2D eigenvalue weighted by atomic mass is 10.1. The molecule has 0 aromatic heterocycles. The number of carbonyl (C=O) groups is 2. The van der Waals surface area contributed by atoms with Crippen LogP contribution >= 0.6 is 11.6 Å². The van der Waals surface area contributed by atoms with Crippen molar-refractivity contribution < 1.29 is 18.0 Å². The number of anilines is 1. The minimum Gasteiger partial charge on any atom is -0.350 e. The van der Waals surface area contributed by atoms with Gasteiger partial charge in [-0.1, -0.05) is 48.4 Å². The molecule has 2 rings (SSSR count). The van der Waals surface area contributed by atoms with Crippen molar-refractivity contribution in [3.8, 4) is 0 Å². The molecule has 0 aliphatic rings. The average molecular weight is 508 g/mol.